The molecule has 0 radical (unpaired) electrons. The molecule has 1 aromatic rings. The van der Waals surface area contributed by atoms with E-state index in [9.17, 15) is 0 Å². The Morgan fingerprint density at radius 1 is 1.64 bits per heavy atom. The Bertz CT molecular complexity index is 377. The number of likely N-dealkylation sites (N-methyl/N-ethyl adjacent to an activating group) is 1. The Morgan fingerprint density at radius 2 is 2.36 bits per heavy atom. The molecule has 0 heterocycles. The van der Waals surface area contributed by atoms with Gasteiger partial charge in [-0.2, -0.15) is 5.26 Å². The van der Waals surface area contributed by atoms with Crippen LogP contribution in [0.5, 0.6) is 0 Å². The van der Waals surface area contributed by atoms with Gasteiger partial charge in [0.1, 0.15) is 6.07 Å². The fourth-order valence-corrected chi connectivity index (χ4v) is 1.19. The summed E-state index contributed by atoms with van der Waals surface area (Å²) in [6, 6.07) is 7.42. The van der Waals surface area contributed by atoms with E-state index in [1.807, 2.05) is 30.2 Å². The number of hydrogen-bond donors (Lipinski definition) is 1. The molecule has 0 aliphatic carbocycles. The highest BCUT2D eigenvalue weighted by Gasteiger charge is 2.02. The van der Waals surface area contributed by atoms with Gasteiger partial charge in [-0.1, -0.05) is 6.08 Å². The van der Waals surface area contributed by atoms with Crippen LogP contribution in [0.3, 0.4) is 0 Å². The molecular weight excluding hydrogens is 174 g/mol. The molecule has 0 atom stereocenters. The summed E-state index contributed by atoms with van der Waals surface area (Å²) in [6.07, 6.45) is 1.81. The lowest BCUT2D eigenvalue weighted by Gasteiger charge is -2.17. The molecule has 0 saturated heterocycles. The van der Waals surface area contributed by atoms with Crippen LogP contribution in [0.4, 0.5) is 11.4 Å². The van der Waals surface area contributed by atoms with Crippen LogP contribution < -0.4 is 10.6 Å². The molecule has 1 rings (SSSR count). The summed E-state index contributed by atoms with van der Waals surface area (Å²) in [5.41, 5.74) is 7.71. The Balaban J connectivity index is 2.97. The van der Waals surface area contributed by atoms with Gasteiger partial charge in [0.25, 0.3) is 0 Å². The van der Waals surface area contributed by atoms with Crippen molar-refractivity contribution in [3.8, 4) is 6.07 Å². The van der Waals surface area contributed by atoms with E-state index in [-0.39, 0.29) is 0 Å². The average Bonchev–Trinajstić information content (AvgIpc) is 2.18. The highest BCUT2D eigenvalue weighted by atomic mass is 15.1. The first-order chi connectivity index (χ1) is 6.69. The highest BCUT2D eigenvalue weighted by Crippen LogP contribution is 2.19. The van der Waals surface area contributed by atoms with Gasteiger partial charge in [0.15, 0.2) is 0 Å². The van der Waals surface area contributed by atoms with Crippen molar-refractivity contribution < 1.29 is 0 Å². The Hall–Kier alpha value is -1.95. The molecule has 0 bridgehead atoms. The average molecular weight is 187 g/mol. The molecule has 72 valence electrons. The summed E-state index contributed by atoms with van der Waals surface area (Å²) in [4.78, 5) is 2.00. The van der Waals surface area contributed by atoms with E-state index in [0.717, 1.165) is 12.2 Å². The number of benzene rings is 1. The minimum absolute atomic E-state index is 0.515. The summed E-state index contributed by atoms with van der Waals surface area (Å²) in [5.74, 6) is 0. The molecule has 14 heavy (non-hydrogen) atoms. The van der Waals surface area contributed by atoms with Gasteiger partial charge in [-0.15, -0.1) is 6.58 Å². The van der Waals surface area contributed by atoms with Crippen LogP contribution in [-0.2, 0) is 0 Å². The van der Waals surface area contributed by atoms with Crippen molar-refractivity contribution in [3.05, 3.63) is 36.4 Å². The van der Waals surface area contributed by atoms with Gasteiger partial charge in [0.05, 0.1) is 11.3 Å². The third-order valence-electron chi connectivity index (χ3n) is 2.00. The first-order valence-corrected chi connectivity index (χ1v) is 4.30. The van der Waals surface area contributed by atoms with Crippen LogP contribution in [0.2, 0.25) is 0 Å². The maximum absolute atomic E-state index is 8.69. The third kappa shape index (κ3) is 2.05. The number of nitriles is 1. The van der Waals surface area contributed by atoms with Crippen LogP contribution in [0.15, 0.2) is 30.9 Å². The maximum atomic E-state index is 8.69. The molecule has 2 N–H and O–H groups in total. The predicted molar refractivity (Wildman–Crippen MR) is 59.0 cm³/mol. The fourth-order valence-electron chi connectivity index (χ4n) is 1.19. The summed E-state index contributed by atoms with van der Waals surface area (Å²) < 4.78 is 0. The van der Waals surface area contributed by atoms with Gasteiger partial charge in [0.2, 0.25) is 0 Å². The molecule has 0 aromatic heterocycles. The van der Waals surface area contributed by atoms with E-state index in [1.54, 1.807) is 12.1 Å². The lowest BCUT2D eigenvalue weighted by atomic mass is 10.1. The second-order valence-corrected chi connectivity index (χ2v) is 3.05. The Morgan fingerprint density at radius 3 is 2.86 bits per heavy atom. The van der Waals surface area contributed by atoms with E-state index < -0.39 is 0 Å². The van der Waals surface area contributed by atoms with E-state index in [1.165, 1.54) is 0 Å². The van der Waals surface area contributed by atoms with E-state index in [4.69, 9.17) is 11.0 Å². The standard InChI is InChI=1S/C11H13N3/c1-3-6-14(2)10-5-4-9(8-12)11(13)7-10/h3-5,7H,1,6,13H2,2H3. The number of anilines is 2. The quantitative estimate of drug-likeness (QED) is 0.579. The van der Waals surface area contributed by atoms with Gasteiger partial charge in [-0.25, -0.2) is 0 Å². The van der Waals surface area contributed by atoms with Gasteiger partial charge in [0, 0.05) is 19.3 Å². The van der Waals surface area contributed by atoms with Crippen LogP contribution in [0.25, 0.3) is 0 Å². The van der Waals surface area contributed by atoms with Crippen LogP contribution >= 0.6 is 0 Å². The van der Waals surface area contributed by atoms with Gasteiger partial charge in [-0.3, -0.25) is 0 Å². The zero-order chi connectivity index (χ0) is 10.6. The minimum Gasteiger partial charge on any atom is -0.398 e. The van der Waals surface area contributed by atoms with E-state index in [2.05, 4.69) is 6.58 Å². The molecule has 0 saturated carbocycles. The number of nitrogen functional groups attached to an aromatic ring is 1. The van der Waals surface area contributed by atoms with Crippen LogP contribution in [-0.4, -0.2) is 13.6 Å². The van der Waals surface area contributed by atoms with Crippen molar-refractivity contribution in [1.29, 1.82) is 5.26 Å². The van der Waals surface area contributed by atoms with Gasteiger partial charge < -0.3 is 10.6 Å². The maximum Gasteiger partial charge on any atom is 0.101 e. The minimum atomic E-state index is 0.515. The fraction of sp³-hybridized carbons (Fsp3) is 0.182. The van der Waals surface area contributed by atoms with Crippen molar-refractivity contribution >= 4 is 11.4 Å². The van der Waals surface area contributed by atoms with Crippen LogP contribution in [0.1, 0.15) is 5.56 Å². The smallest absolute Gasteiger partial charge is 0.101 e. The van der Waals surface area contributed by atoms with E-state index >= 15 is 0 Å². The van der Waals surface area contributed by atoms with Gasteiger partial charge in [-0.05, 0) is 18.2 Å². The lowest BCUT2D eigenvalue weighted by molar-refractivity contribution is 1.03. The highest BCUT2D eigenvalue weighted by molar-refractivity contribution is 5.63. The van der Waals surface area contributed by atoms with Crippen molar-refractivity contribution in [1.82, 2.24) is 0 Å². The molecule has 3 nitrogen and oxygen atoms in total. The van der Waals surface area contributed by atoms with Crippen LogP contribution in [0, 0.1) is 11.3 Å². The second kappa shape index (κ2) is 4.33. The number of nitrogens with zero attached hydrogens (tertiary/aromatic N) is 2. The molecule has 0 aliphatic heterocycles. The predicted octanol–water partition coefficient (Wildman–Crippen LogP) is 1.76. The Labute approximate surface area is 84.1 Å². The monoisotopic (exact) mass is 187 g/mol. The molecular formula is C11H13N3. The third-order valence-corrected chi connectivity index (χ3v) is 2.00. The molecule has 0 spiro atoms. The van der Waals surface area contributed by atoms with Crippen molar-refractivity contribution in [2.24, 2.45) is 0 Å². The first kappa shape index (κ1) is 10.1. The Kier molecular flexibility index (Phi) is 3.14. The normalized spacial score (nSPS) is 9.14. The summed E-state index contributed by atoms with van der Waals surface area (Å²) in [5, 5.41) is 8.69. The first-order valence-electron chi connectivity index (χ1n) is 4.30. The zero-order valence-electron chi connectivity index (χ0n) is 8.20. The summed E-state index contributed by atoms with van der Waals surface area (Å²) in [6.45, 7) is 4.41. The molecule has 0 fully saturated rings. The van der Waals surface area contributed by atoms with Crippen molar-refractivity contribution in [2.45, 2.75) is 0 Å². The topological polar surface area (TPSA) is 53.0 Å². The molecule has 0 unspecified atom stereocenters. The number of rotatable bonds is 3. The van der Waals surface area contributed by atoms with E-state index in [0.29, 0.717) is 11.3 Å². The zero-order valence-corrected chi connectivity index (χ0v) is 8.20. The van der Waals surface area contributed by atoms with Gasteiger partial charge >= 0.3 is 0 Å². The van der Waals surface area contributed by atoms with Crippen molar-refractivity contribution in [2.75, 3.05) is 24.2 Å². The second-order valence-electron chi connectivity index (χ2n) is 3.05. The number of hydrogen-bond acceptors (Lipinski definition) is 3. The molecule has 3 heteroatoms. The summed E-state index contributed by atoms with van der Waals surface area (Å²) in [7, 11) is 1.95. The van der Waals surface area contributed by atoms with Crippen molar-refractivity contribution in [3.63, 3.8) is 0 Å². The SMILES string of the molecule is C=CCN(C)c1ccc(C#N)c(N)c1. The number of nitrogens with two attached hydrogens (primary N) is 1. The molecule has 0 amide bonds. The largest absolute Gasteiger partial charge is 0.398 e. The lowest BCUT2D eigenvalue weighted by Crippen LogP contribution is -2.16. The summed E-state index contributed by atoms with van der Waals surface area (Å²) >= 11 is 0. The molecule has 1 aromatic carbocycles. The molecule has 0 aliphatic rings.